The van der Waals surface area contributed by atoms with Crippen molar-refractivity contribution in [2.75, 3.05) is 24.5 Å². The van der Waals surface area contributed by atoms with Gasteiger partial charge in [0.05, 0.1) is 17.4 Å². The first kappa shape index (κ1) is 27.1. The predicted molar refractivity (Wildman–Crippen MR) is 145 cm³/mol. The highest BCUT2D eigenvalue weighted by molar-refractivity contribution is 7.89. The number of benzene rings is 2. The molecule has 1 aliphatic heterocycles. The Hall–Kier alpha value is -4.49. The lowest BCUT2D eigenvalue weighted by Crippen LogP contribution is -2.54. The maximum absolute atomic E-state index is 15.7. The van der Waals surface area contributed by atoms with Crippen LogP contribution < -0.4 is 15.7 Å². The Bertz CT molecular complexity index is 1840. The van der Waals surface area contributed by atoms with E-state index in [0.717, 1.165) is 22.9 Å². The fourth-order valence-corrected chi connectivity index (χ4v) is 5.64. The zero-order chi connectivity index (χ0) is 28.8. The third-order valence-electron chi connectivity index (χ3n) is 6.82. The second-order valence-electron chi connectivity index (χ2n) is 9.30. The Labute approximate surface area is 228 Å². The number of aromatic nitrogens is 3. The van der Waals surface area contributed by atoms with Gasteiger partial charge in [0.2, 0.25) is 15.9 Å². The molecule has 10 nitrogen and oxygen atoms in total. The monoisotopic (exact) mass is 566 g/mol. The molecule has 1 aliphatic rings. The average Bonchev–Trinajstić information content (AvgIpc) is 2.92. The zero-order valence-corrected chi connectivity index (χ0v) is 22.1. The minimum Gasteiger partial charge on any atom is -0.350 e. The molecule has 1 saturated heterocycles. The summed E-state index contributed by atoms with van der Waals surface area (Å²) in [5, 5.41) is 5.58. The first-order valence-electron chi connectivity index (χ1n) is 12.2. The zero-order valence-electron chi connectivity index (χ0n) is 21.3. The van der Waals surface area contributed by atoms with Gasteiger partial charge in [-0.3, -0.25) is 14.3 Å². The molecule has 5 rings (SSSR count). The molecule has 206 valence electrons. The largest absolute Gasteiger partial charge is 0.354 e. The molecule has 0 saturated carbocycles. The van der Waals surface area contributed by atoms with E-state index in [4.69, 9.17) is 5.14 Å². The molecule has 0 radical (unpaired) electrons. The fourth-order valence-electron chi connectivity index (χ4n) is 4.95. The van der Waals surface area contributed by atoms with E-state index in [1.165, 1.54) is 36.5 Å². The van der Waals surface area contributed by atoms with Gasteiger partial charge in [0.15, 0.2) is 0 Å². The molecule has 40 heavy (non-hydrogen) atoms. The maximum Gasteiger partial charge on any atom is 0.354 e. The first-order valence-corrected chi connectivity index (χ1v) is 13.7. The van der Waals surface area contributed by atoms with Crippen molar-refractivity contribution in [3.8, 4) is 16.8 Å². The number of pyridine rings is 1. The highest BCUT2D eigenvalue weighted by Gasteiger charge is 2.30. The van der Waals surface area contributed by atoms with Gasteiger partial charge in [0, 0.05) is 48.4 Å². The van der Waals surface area contributed by atoms with Crippen molar-refractivity contribution >= 4 is 32.7 Å². The number of carbonyl (C=O) groups excluding carboxylic acids is 1. The summed E-state index contributed by atoms with van der Waals surface area (Å²) in [6, 6.07) is 8.79. The number of hydrogen-bond acceptors (Lipinski definition) is 7. The van der Waals surface area contributed by atoms with Gasteiger partial charge in [-0.1, -0.05) is 24.8 Å². The van der Waals surface area contributed by atoms with Gasteiger partial charge in [0.1, 0.15) is 22.3 Å². The van der Waals surface area contributed by atoms with Gasteiger partial charge in [-0.05, 0) is 37.3 Å². The number of primary sulfonamides is 1. The lowest BCUT2D eigenvalue weighted by atomic mass is 10.0. The van der Waals surface area contributed by atoms with Crippen molar-refractivity contribution in [1.29, 1.82) is 0 Å². The number of hydrogen-bond donors (Lipinski definition) is 1. The van der Waals surface area contributed by atoms with Crippen LogP contribution >= 0.6 is 0 Å². The van der Waals surface area contributed by atoms with Crippen molar-refractivity contribution in [3.05, 3.63) is 89.6 Å². The fraction of sp³-hybridized carbons (Fsp3) is 0.185. The van der Waals surface area contributed by atoms with Crippen LogP contribution in [-0.4, -0.2) is 59.4 Å². The standard InChI is InChI=1S/C27H24F2N6O4S/c1-3-25(36)33-10-11-34(16(2)15-33)26-19-12-21(29)18(17-6-4-5-7-20(17)28)13-22(19)35(27(37)32-26)23-14-31-9-8-24(23)40(30,38)39/h3-9,12-14,16H,1,10-11,15H2,2H3,(H2,30,38,39)/t16-/m0/s1. The molecule has 1 fully saturated rings. The summed E-state index contributed by atoms with van der Waals surface area (Å²) >= 11 is 0. The molecule has 2 N–H and O–H groups in total. The summed E-state index contributed by atoms with van der Waals surface area (Å²) in [6.07, 6.45) is 3.55. The van der Waals surface area contributed by atoms with Gasteiger partial charge in [-0.15, -0.1) is 0 Å². The molecule has 1 atom stereocenters. The summed E-state index contributed by atoms with van der Waals surface area (Å²) in [4.78, 5) is 36.9. The second kappa shape index (κ2) is 10.2. The molecule has 1 amide bonds. The summed E-state index contributed by atoms with van der Waals surface area (Å²) < 4.78 is 56.1. The average molecular weight is 567 g/mol. The molecule has 3 heterocycles. The Kier molecular flexibility index (Phi) is 6.94. The number of halogens is 2. The van der Waals surface area contributed by atoms with E-state index in [1.807, 2.05) is 6.92 Å². The van der Waals surface area contributed by atoms with Crippen molar-refractivity contribution in [2.24, 2.45) is 5.14 Å². The minimum atomic E-state index is -4.32. The highest BCUT2D eigenvalue weighted by atomic mass is 32.2. The Morgan fingerprint density at radius 2 is 1.88 bits per heavy atom. The number of nitrogens with zero attached hydrogens (tertiary/aromatic N) is 5. The lowest BCUT2D eigenvalue weighted by Gasteiger charge is -2.40. The van der Waals surface area contributed by atoms with Crippen LogP contribution in [0.15, 0.2) is 77.2 Å². The third-order valence-corrected chi connectivity index (χ3v) is 7.78. The molecular weight excluding hydrogens is 542 g/mol. The predicted octanol–water partition coefficient (Wildman–Crippen LogP) is 2.60. The number of rotatable bonds is 5. The molecule has 13 heteroatoms. The number of amides is 1. The molecule has 2 aromatic carbocycles. The van der Waals surface area contributed by atoms with Crippen LogP contribution in [-0.2, 0) is 14.8 Å². The van der Waals surface area contributed by atoms with Crippen molar-refractivity contribution < 1.29 is 22.0 Å². The van der Waals surface area contributed by atoms with Crippen LogP contribution in [0.25, 0.3) is 27.7 Å². The topological polar surface area (TPSA) is 131 Å². The van der Waals surface area contributed by atoms with E-state index in [0.29, 0.717) is 13.1 Å². The molecule has 0 spiro atoms. The summed E-state index contributed by atoms with van der Waals surface area (Å²) in [6.45, 7) is 6.22. The normalized spacial score (nSPS) is 15.8. The van der Waals surface area contributed by atoms with E-state index in [-0.39, 0.29) is 52.0 Å². The van der Waals surface area contributed by atoms with Crippen LogP contribution in [0.4, 0.5) is 14.6 Å². The van der Waals surface area contributed by atoms with Gasteiger partial charge >= 0.3 is 5.69 Å². The van der Waals surface area contributed by atoms with Gasteiger partial charge < -0.3 is 9.80 Å². The van der Waals surface area contributed by atoms with Gasteiger partial charge in [-0.25, -0.2) is 27.1 Å². The molecule has 0 aliphatic carbocycles. The Morgan fingerprint density at radius 1 is 1.12 bits per heavy atom. The molecule has 0 bridgehead atoms. The second-order valence-corrected chi connectivity index (χ2v) is 10.8. The van der Waals surface area contributed by atoms with Crippen LogP contribution in [0.2, 0.25) is 0 Å². The summed E-state index contributed by atoms with van der Waals surface area (Å²) in [5.41, 5.74) is -1.22. The number of nitrogens with two attached hydrogens (primary N) is 1. The van der Waals surface area contributed by atoms with E-state index in [2.05, 4.69) is 16.5 Å². The molecule has 2 aromatic heterocycles. The van der Waals surface area contributed by atoms with E-state index in [1.54, 1.807) is 15.9 Å². The maximum atomic E-state index is 15.7. The Morgan fingerprint density at radius 3 is 2.55 bits per heavy atom. The van der Waals surface area contributed by atoms with Crippen LogP contribution in [0.5, 0.6) is 0 Å². The molecule has 0 unspecified atom stereocenters. The van der Waals surface area contributed by atoms with E-state index in [9.17, 15) is 22.4 Å². The number of sulfonamides is 1. The first-order chi connectivity index (χ1) is 19.0. The summed E-state index contributed by atoms with van der Waals surface area (Å²) in [7, 11) is -4.32. The number of piperazine rings is 1. The number of anilines is 1. The number of fused-ring (bicyclic) bond motifs is 1. The lowest BCUT2D eigenvalue weighted by molar-refractivity contribution is -0.126. The van der Waals surface area contributed by atoms with Crippen LogP contribution in [0, 0.1) is 11.6 Å². The van der Waals surface area contributed by atoms with Crippen molar-refractivity contribution in [1.82, 2.24) is 19.4 Å². The van der Waals surface area contributed by atoms with E-state index >= 15 is 4.39 Å². The highest BCUT2D eigenvalue weighted by Crippen LogP contribution is 2.35. The van der Waals surface area contributed by atoms with Crippen molar-refractivity contribution in [3.63, 3.8) is 0 Å². The molecule has 4 aromatic rings. The Balaban J connectivity index is 1.81. The quantitative estimate of drug-likeness (QED) is 0.368. The smallest absolute Gasteiger partial charge is 0.350 e. The van der Waals surface area contributed by atoms with Crippen LogP contribution in [0.1, 0.15) is 6.92 Å². The summed E-state index contributed by atoms with van der Waals surface area (Å²) in [5.74, 6) is -1.58. The van der Waals surface area contributed by atoms with E-state index < -0.39 is 32.2 Å². The number of carbonyl (C=O) groups is 1. The van der Waals surface area contributed by atoms with Gasteiger partial charge in [-0.2, -0.15) is 4.98 Å². The third kappa shape index (κ3) is 4.73. The molecular formula is C27H24F2N6O4S. The van der Waals surface area contributed by atoms with Crippen molar-refractivity contribution in [2.45, 2.75) is 17.9 Å². The SMILES string of the molecule is C=CC(=O)N1CCN(c2nc(=O)n(-c3cnccc3S(N)(=O)=O)c3cc(-c4ccccc4F)c(F)cc23)[C@@H](C)C1. The minimum absolute atomic E-state index is 0.0537. The van der Waals surface area contributed by atoms with Crippen LogP contribution in [0.3, 0.4) is 0 Å². The van der Waals surface area contributed by atoms with Gasteiger partial charge in [0.25, 0.3) is 0 Å².